The van der Waals surface area contributed by atoms with Crippen LogP contribution in [0.1, 0.15) is 34.6 Å². The first kappa shape index (κ1) is 25.5. The van der Waals surface area contributed by atoms with Gasteiger partial charge in [-0.05, 0) is 75.8 Å². The molecule has 3 aromatic heterocycles. The fourth-order valence-electron chi connectivity index (χ4n) is 5.67. The first-order valence-corrected chi connectivity index (χ1v) is 13.8. The van der Waals surface area contributed by atoms with Crippen molar-refractivity contribution >= 4 is 28.3 Å². The molecule has 0 spiro atoms. The molecule has 0 aliphatic carbocycles. The monoisotopic (exact) mass is 524 g/mol. The van der Waals surface area contributed by atoms with E-state index in [4.69, 9.17) is 4.98 Å². The van der Waals surface area contributed by atoms with Gasteiger partial charge >= 0.3 is 0 Å². The lowest BCUT2D eigenvalue weighted by molar-refractivity contribution is 0.103. The van der Waals surface area contributed by atoms with Crippen molar-refractivity contribution in [3.05, 3.63) is 65.7 Å². The Morgan fingerprint density at radius 1 is 0.974 bits per heavy atom. The molecule has 39 heavy (non-hydrogen) atoms. The minimum atomic E-state index is -0.147. The van der Waals surface area contributed by atoms with Crippen molar-refractivity contribution in [2.24, 2.45) is 0 Å². The standard InChI is InChI=1S/C30H36N8O/c1-20-16-28(38-14-10-31-11-15-38)33-19-24(20)26-17-21(6-9-32-26)29(39)30-34-25-5-4-23(18-27(25)35-30)37-12-7-22(8-13-37)36(2)3/h4-6,9,16-19,22,31H,7-8,10-15H2,1-3H3,(H,34,35). The van der Waals surface area contributed by atoms with Crippen LogP contribution in [0, 0.1) is 6.92 Å². The van der Waals surface area contributed by atoms with Gasteiger partial charge in [-0.2, -0.15) is 0 Å². The van der Waals surface area contributed by atoms with Gasteiger partial charge in [0.05, 0.1) is 16.7 Å². The van der Waals surface area contributed by atoms with E-state index in [0.717, 1.165) is 85.8 Å². The van der Waals surface area contributed by atoms with Crippen LogP contribution in [-0.4, -0.2) is 90.0 Å². The fourth-order valence-corrected chi connectivity index (χ4v) is 5.67. The second-order valence-corrected chi connectivity index (χ2v) is 10.8. The van der Waals surface area contributed by atoms with Crippen LogP contribution in [0.15, 0.2) is 48.8 Å². The predicted octanol–water partition coefficient (Wildman–Crippen LogP) is 3.50. The van der Waals surface area contributed by atoms with Gasteiger partial charge in [0.2, 0.25) is 5.78 Å². The summed E-state index contributed by atoms with van der Waals surface area (Å²) in [7, 11) is 4.31. The van der Waals surface area contributed by atoms with E-state index in [1.165, 1.54) is 5.69 Å². The van der Waals surface area contributed by atoms with Crippen molar-refractivity contribution in [3.8, 4) is 11.3 Å². The highest BCUT2D eigenvalue weighted by molar-refractivity contribution is 6.08. The Bertz CT molecular complexity index is 1480. The lowest BCUT2D eigenvalue weighted by Crippen LogP contribution is -2.43. The van der Waals surface area contributed by atoms with Crippen molar-refractivity contribution < 1.29 is 4.79 Å². The molecule has 4 aromatic rings. The summed E-state index contributed by atoms with van der Waals surface area (Å²) in [6, 6.07) is 12.6. The Morgan fingerprint density at radius 3 is 2.51 bits per heavy atom. The van der Waals surface area contributed by atoms with Gasteiger partial charge in [-0.1, -0.05) is 0 Å². The Hall–Kier alpha value is -3.82. The van der Waals surface area contributed by atoms with Crippen LogP contribution in [0.3, 0.4) is 0 Å². The topological polar surface area (TPSA) is 93.3 Å². The maximum Gasteiger partial charge on any atom is 0.228 e. The van der Waals surface area contributed by atoms with E-state index >= 15 is 0 Å². The van der Waals surface area contributed by atoms with Gasteiger partial charge in [-0.25, -0.2) is 9.97 Å². The zero-order valence-corrected chi connectivity index (χ0v) is 22.9. The maximum absolute atomic E-state index is 13.5. The highest BCUT2D eigenvalue weighted by Crippen LogP contribution is 2.27. The average Bonchev–Trinajstić information content (AvgIpc) is 3.41. The lowest BCUT2D eigenvalue weighted by Gasteiger charge is -2.36. The van der Waals surface area contributed by atoms with Crippen molar-refractivity contribution in [2.75, 3.05) is 63.2 Å². The van der Waals surface area contributed by atoms with E-state index in [9.17, 15) is 4.79 Å². The van der Waals surface area contributed by atoms with E-state index in [1.807, 2.05) is 18.3 Å². The molecule has 2 aliphatic rings. The Morgan fingerprint density at radius 2 is 1.77 bits per heavy atom. The van der Waals surface area contributed by atoms with Gasteiger partial charge in [0.15, 0.2) is 5.82 Å². The van der Waals surface area contributed by atoms with E-state index in [-0.39, 0.29) is 5.78 Å². The number of hydrogen-bond donors (Lipinski definition) is 2. The summed E-state index contributed by atoms with van der Waals surface area (Å²) in [6.07, 6.45) is 5.85. The lowest BCUT2D eigenvalue weighted by atomic mass is 10.0. The number of benzene rings is 1. The molecule has 0 atom stereocenters. The van der Waals surface area contributed by atoms with E-state index in [2.05, 4.69) is 74.2 Å². The zero-order valence-electron chi connectivity index (χ0n) is 22.9. The Balaban J connectivity index is 1.21. The molecule has 0 bridgehead atoms. The summed E-state index contributed by atoms with van der Waals surface area (Å²) < 4.78 is 0. The third-order valence-electron chi connectivity index (χ3n) is 8.08. The third kappa shape index (κ3) is 5.24. The van der Waals surface area contributed by atoms with Gasteiger partial charge in [0.25, 0.3) is 0 Å². The summed E-state index contributed by atoms with van der Waals surface area (Å²) in [5.41, 5.74) is 6.14. The second kappa shape index (κ2) is 10.7. The molecule has 202 valence electrons. The molecule has 2 saturated heterocycles. The summed E-state index contributed by atoms with van der Waals surface area (Å²) in [6.45, 7) is 7.94. The molecule has 0 saturated carbocycles. The van der Waals surface area contributed by atoms with Gasteiger partial charge in [-0.15, -0.1) is 0 Å². The van der Waals surface area contributed by atoms with E-state index in [1.54, 1.807) is 12.3 Å². The predicted molar refractivity (Wildman–Crippen MR) is 156 cm³/mol. The molecule has 2 aliphatic heterocycles. The number of carbonyl (C=O) groups is 1. The molecule has 2 fully saturated rings. The summed E-state index contributed by atoms with van der Waals surface area (Å²) in [4.78, 5) is 37.7. The van der Waals surface area contributed by atoms with Crippen LogP contribution in [0.5, 0.6) is 0 Å². The number of aryl methyl sites for hydroxylation is 1. The Labute approximate surface area is 229 Å². The maximum atomic E-state index is 13.5. The van der Waals surface area contributed by atoms with Crippen LogP contribution >= 0.6 is 0 Å². The molecular weight excluding hydrogens is 488 g/mol. The number of aromatic nitrogens is 4. The number of nitrogens with one attached hydrogen (secondary N) is 2. The SMILES string of the molecule is Cc1cc(N2CCNCC2)ncc1-c1cc(C(=O)c2nc3ccc(N4CCC(N(C)C)CC4)cc3[nH]2)ccn1. The van der Waals surface area contributed by atoms with Crippen molar-refractivity contribution in [1.29, 1.82) is 0 Å². The number of piperazine rings is 1. The molecule has 9 nitrogen and oxygen atoms in total. The van der Waals surface area contributed by atoms with Crippen LogP contribution in [0.4, 0.5) is 11.5 Å². The van der Waals surface area contributed by atoms with Gasteiger partial charge < -0.3 is 25.0 Å². The number of H-pyrrole nitrogens is 1. The van der Waals surface area contributed by atoms with Crippen molar-refractivity contribution in [1.82, 2.24) is 30.2 Å². The molecule has 9 heteroatoms. The fraction of sp³-hybridized carbons (Fsp3) is 0.400. The summed E-state index contributed by atoms with van der Waals surface area (Å²) in [5.74, 6) is 1.18. The second-order valence-electron chi connectivity index (χ2n) is 10.8. The van der Waals surface area contributed by atoms with Crippen LogP contribution in [0.25, 0.3) is 22.3 Å². The Kier molecular flexibility index (Phi) is 7.01. The highest BCUT2D eigenvalue weighted by Gasteiger charge is 2.22. The molecule has 5 heterocycles. The molecule has 0 amide bonds. The zero-order chi connectivity index (χ0) is 26.9. The van der Waals surface area contributed by atoms with Crippen LogP contribution in [-0.2, 0) is 0 Å². The third-order valence-corrected chi connectivity index (χ3v) is 8.08. The molecule has 1 aromatic carbocycles. The first-order chi connectivity index (χ1) is 19.0. The first-order valence-electron chi connectivity index (χ1n) is 13.8. The number of nitrogens with zero attached hydrogens (tertiary/aromatic N) is 6. The largest absolute Gasteiger partial charge is 0.371 e. The van der Waals surface area contributed by atoms with Crippen molar-refractivity contribution in [2.45, 2.75) is 25.8 Å². The summed E-state index contributed by atoms with van der Waals surface area (Å²) >= 11 is 0. The number of piperidine rings is 1. The van der Waals surface area contributed by atoms with Gasteiger partial charge in [-0.3, -0.25) is 9.78 Å². The number of carbonyl (C=O) groups excluding carboxylic acids is 1. The normalized spacial score (nSPS) is 16.8. The van der Waals surface area contributed by atoms with E-state index < -0.39 is 0 Å². The molecule has 0 radical (unpaired) electrons. The molecule has 0 unspecified atom stereocenters. The number of fused-ring (bicyclic) bond motifs is 1. The molecular formula is C30H36N8O. The number of hydrogen-bond acceptors (Lipinski definition) is 8. The van der Waals surface area contributed by atoms with Crippen molar-refractivity contribution in [3.63, 3.8) is 0 Å². The number of pyridine rings is 2. The quantitative estimate of drug-likeness (QED) is 0.370. The van der Waals surface area contributed by atoms with Crippen LogP contribution < -0.4 is 15.1 Å². The summed E-state index contributed by atoms with van der Waals surface area (Å²) in [5, 5.41) is 3.37. The van der Waals surface area contributed by atoms with Gasteiger partial charge in [0.1, 0.15) is 5.82 Å². The number of anilines is 2. The minimum absolute atomic E-state index is 0.147. The highest BCUT2D eigenvalue weighted by atomic mass is 16.1. The van der Waals surface area contributed by atoms with E-state index in [0.29, 0.717) is 17.4 Å². The molecule has 2 N–H and O–H groups in total. The van der Waals surface area contributed by atoms with Crippen LogP contribution in [0.2, 0.25) is 0 Å². The number of aromatic amines is 1. The molecule has 6 rings (SSSR count). The number of ketones is 1. The van der Waals surface area contributed by atoms with Gasteiger partial charge in [0, 0.05) is 74.5 Å². The minimum Gasteiger partial charge on any atom is -0.371 e. The smallest absolute Gasteiger partial charge is 0.228 e. The number of imidazole rings is 1. The number of rotatable bonds is 6. The average molecular weight is 525 g/mol.